The quantitative estimate of drug-likeness (QED) is 0.772. The Morgan fingerprint density at radius 1 is 1.03 bits per heavy atom. The van der Waals surface area contributed by atoms with Gasteiger partial charge in [-0.05, 0) is 42.0 Å². The summed E-state index contributed by atoms with van der Waals surface area (Å²) < 4.78 is 0. The Kier molecular flexibility index (Phi) is 4.59. The SMILES string of the molecule is N#CC1=C(N)C(C#N)(C#N)[C@@]2(C(=O)N(Cc3ccccc3)c3ccccc32)[C@H]2CCCC=C12. The molecule has 6 heteroatoms. The lowest BCUT2D eigenvalue weighted by atomic mass is 9.47. The van der Waals surface area contributed by atoms with E-state index in [2.05, 4.69) is 18.2 Å². The molecule has 1 aliphatic heterocycles. The third kappa shape index (κ3) is 2.43. The van der Waals surface area contributed by atoms with Gasteiger partial charge in [-0.3, -0.25) is 4.79 Å². The van der Waals surface area contributed by atoms with E-state index in [9.17, 15) is 20.6 Å². The number of benzene rings is 2. The molecule has 2 aromatic rings. The lowest BCUT2D eigenvalue weighted by Crippen LogP contribution is -2.61. The minimum atomic E-state index is -1.99. The first-order valence-electron chi connectivity index (χ1n) is 11.0. The first-order chi connectivity index (χ1) is 16.1. The van der Waals surface area contributed by atoms with Crippen LogP contribution in [0, 0.1) is 45.3 Å². The molecule has 0 saturated heterocycles. The van der Waals surface area contributed by atoms with E-state index < -0.39 is 16.7 Å². The van der Waals surface area contributed by atoms with Crippen LogP contribution in [0.4, 0.5) is 5.69 Å². The first-order valence-corrected chi connectivity index (χ1v) is 11.0. The summed E-state index contributed by atoms with van der Waals surface area (Å²) in [6, 6.07) is 23.4. The van der Waals surface area contributed by atoms with Gasteiger partial charge in [-0.25, -0.2) is 0 Å². The third-order valence-electron chi connectivity index (χ3n) is 7.35. The molecule has 0 bridgehead atoms. The van der Waals surface area contributed by atoms with Gasteiger partial charge >= 0.3 is 0 Å². The van der Waals surface area contributed by atoms with Gasteiger partial charge in [0.05, 0.1) is 30.0 Å². The molecule has 1 amide bonds. The number of nitriles is 3. The van der Waals surface area contributed by atoms with E-state index in [0.29, 0.717) is 29.8 Å². The highest BCUT2D eigenvalue weighted by Crippen LogP contribution is 2.64. The highest BCUT2D eigenvalue weighted by molar-refractivity contribution is 6.11. The zero-order valence-corrected chi connectivity index (χ0v) is 18.0. The summed E-state index contributed by atoms with van der Waals surface area (Å²) in [5.74, 6) is -0.796. The number of rotatable bonds is 2. The summed E-state index contributed by atoms with van der Waals surface area (Å²) in [7, 11) is 0. The van der Waals surface area contributed by atoms with Crippen molar-refractivity contribution in [3.8, 4) is 18.2 Å². The average Bonchev–Trinajstić information content (AvgIpc) is 3.10. The predicted molar refractivity (Wildman–Crippen MR) is 122 cm³/mol. The van der Waals surface area contributed by atoms with Crippen LogP contribution in [0.3, 0.4) is 0 Å². The average molecular weight is 431 g/mol. The fraction of sp³-hybridized carbons (Fsp3) is 0.259. The van der Waals surface area contributed by atoms with E-state index in [1.54, 1.807) is 4.90 Å². The van der Waals surface area contributed by atoms with Gasteiger partial charge < -0.3 is 10.6 Å². The number of allylic oxidation sites excluding steroid dienone is 4. The molecule has 3 aliphatic rings. The zero-order valence-electron chi connectivity index (χ0n) is 18.0. The molecule has 0 unspecified atom stereocenters. The molecule has 0 radical (unpaired) electrons. The van der Waals surface area contributed by atoms with Crippen molar-refractivity contribution in [2.24, 2.45) is 17.1 Å². The largest absolute Gasteiger partial charge is 0.399 e. The van der Waals surface area contributed by atoms with E-state index in [1.165, 1.54) is 0 Å². The summed E-state index contributed by atoms with van der Waals surface area (Å²) >= 11 is 0. The van der Waals surface area contributed by atoms with E-state index >= 15 is 0 Å². The van der Waals surface area contributed by atoms with Crippen molar-refractivity contribution in [3.63, 3.8) is 0 Å². The molecular formula is C27H21N5O. The molecule has 2 aliphatic carbocycles. The highest BCUT2D eigenvalue weighted by atomic mass is 16.2. The lowest BCUT2D eigenvalue weighted by Gasteiger charge is -2.49. The second kappa shape index (κ2) is 7.37. The number of amides is 1. The maximum Gasteiger partial charge on any atom is 0.241 e. The van der Waals surface area contributed by atoms with Gasteiger partial charge in [-0.2, -0.15) is 15.8 Å². The summed E-state index contributed by atoms with van der Waals surface area (Å²) in [5.41, 5.74) is 5.95. The molecule has 2 N–H and O–H groups in total. The van der Waals surface area contributed by atoms with Crippen LogP contribution in [-0.4, -0.2) is 5.91 Å². The Bertz CT molecular complexity index is 1340. The van der Waals surface area contributed by atoms with Crippen LogP contribution in [0.5, 0.6) is 0 Å². The maximum atomic E-state index is 14.5. The van der Waals surface area contributed by atoms with Gasteiger partial charge in [0.1, 0.15) is 11.5 Å². The van der Waals surface area contributed by atoms with Crippen LogP contribution in [0.2, 0.25) is 0 Å². The molecule has 160 valence electrons. The fourth-order valence-electron chi connectivity index (χ4n) is 5.97. The van der Waals surface area contributed by atoms with E-state index in [1.807, 2.05) is 60.7 Å². The van der Waals surface area contributed by atoms with E-state index in [-0.39, 0.29) is 17.2 Å². The van der Waals surface area contributed by atoms with Crippen LogP contribution >= 0.6 is 0 Å². The minimum Gasteiger partial charge on any atom is -0.399 e. The van der Waals surface area contributed by atoms with Crippen molar-refractivity contribution in [1.29, 1.82) is 15.8 Å². The topological polar surface area (TPSA) is 118 Å². The van der Waals surface area contributed by atoms with Crippen LogP contribution in [0.25, 0.3) is 0 Å². The Morgan fingerprint density at radius 3 is 2.42 bits per heavy atom. The summed E-state index contributed by atoms with van der Waals surface area (Å²) in [5, 5.41) is 30.9. The van der Waals surface area contributed by atoms with E-state index in [4.69, 9.17) is 5.73 Å². The number of carbonyl (C=O) groups excluding carboxylic acids is 1. The van der Waals surface area contributed by atoms with E-state index in [0.717, 1.165) is 18.4 Å². The normalized spacial score (nSPS) is 24.9. The van der Waals surface area contributed by atoms with Crippen molar-refractivity contribution in [1.82, 2.24) is 0 Å². The monoisotopic (exact) mass is 431 g/mol. The molecule has 0 saturated carbocycles. The molecule has 1 spiro atoms. The number of carbonyl (C=O) groups is 1. The summed E-state index contributed by atoms with van der Waals surface area (Å²) in [4.78, 5) is 16.2. The summed E-state index contributed by atoms with van der Waals surface area (Å²) in [6.45, 7) is 0.311. The fourth-order valence-corrected chi connectivity index (χ4v) is 5.97. The first kappa shape index (κ1) is 20.6. The molecule has 2 atom stereocenters. The standard InChI is InChI=1S/C27H21N5O/c28-14-20-19-10-4-5-11-21(19)27(26(16-29,17-30)24(20)31)22-12-6-7-13-23(22)32(25(27)33)15-18-8-2-1-3-9-18/h1-3,6-10,12-13,21H,4-5,11,15,31H2/t21-,27-/m0/s1. The number of nitrogens with two attached hydrogens (primary N) is 1. The smallest absolute Gasteiger partial charge is 0.241 e. The lowest BCUT2D eigenvalue weighted by molar-refractivity contribution is -0.127. The number of hydrogen-bond donors (Lipinski definition) is 1. The van der Waals surface area contributed by atoms with Gasteiger partial charge in [-0.15, -0.1) is 0 Å². The number of nitrogens with zero attached hydrogens (tertiary/aromatic N) is 4. The van der Waals surface area contributed by atoms with Crippen LogP contribution in [0.15, 0.2) is 77.5 Å². The van der Waals surface area contributed by atoms with Crippen molar-refractivity contribution >= 4 is 11.6 Å². The number of anilines is 1. The Balaban J connectivity index is 1.85. The number of fused-ring (bicyclic) bond motifs is 4. The van der Waals surface area contributed by atoms with Crippen LogP contribution < -0.4 is 10.6 Å². The van der Waals surface area contributed by atoms with Gasteiger partial charge in [0, 0.05) is 11.6 Å². The highest BCUT2D eigenvalue weighted by Gasteiger charge is 2.72. The molecular weight excluding hydrogens is 410 g/mol. The van der Waals surface area contributed by atoms with Crippen molar-refractivity contribution in [2.45, 2.75) is 31.2 Å². The van der Waals surface area contributed by atoms with Gasteiger partial charge in [0.15, 0.2) is 0 Å². The molecule has 6 nitrogen and oxygen atoms in total. The molecule has 33 heavy (non-hydrogen) atoms. The van der Waals surface area contributed by atoms with Gasteiger partial charge in [0.2, 0.25) is 11.3 Å². The molecule has 5 rings (SSSR count). The Morgan fingerprint density at radius 2 is 1.73 bits per heavy atom. The second-order valence-electron chi connectivity index (χ2n) is 8.72. The molecule has 0 fully saturated rings. The molecule has 1 heterocycles. The van der Waals surface area contributed by atoms with Crippen molar-refractivity contribution in [3.05, 3.63) is 88.6 Å². The number of para-hydroxylation sites is 1. The third-order valence-corrected chi connectivity index (χ3v) is 7.35. The molecule has 2 aromatic carbocycles. The van der Waals surface area contributed by atoms with Crippen LogP contribution in [-0.2, 0) is 16.8 Å². The Labute approximate surface area is 192 Å². The van der Waals surface area contributed by atoms with Crippen LogP contribution in [0.1, 0.15) is 30.4 Å². The van der Waals surface area contributed by atoms with Crippen molar-refractivity contribution < 1.29 is 4.79 Å². The number of hydrogen-bond acceptors (Lipinski definition) is 5. The Hall–Kier alpha value is -4.34. The van der Waals surface area contributed by atoms with Gasteiger partial charge in [0.25, 0.3) is 0 Å². The zero-order chi connectivity index (χ0) is 23.2. The predicted octanol–water partition coefficient (Wildman–Crippen LogP) is 3.98. The molecule has 0 aromatic heterocycles. The van der Waals surface area contributed by atoms with Crippen molar-refractivity contribution in [2.75, 3.05) is 4.90 Å². The second-order valence-corrected chi connectivity index (χ2v) is 8.72. The summed E-state index contributed by atoms with van der Waals surface area (Å²) in [6.07, 6.45) is 4.11. The maximum absolute atomic E-state index is 14.5. The minimum absolute atomic E-state index is 0.121. The van der Waals surface area contributed by atoms with Gasteiger partial charge in [-0.1, -0.05) is 54.6 Å².